The van der Waals surface area contributed by atoms with Crippen molar-refractivity contribution in [3.05, 3.63) is 16.3 Å². The van der Waals surface area contributed by atoms with Gasteiger partial charge in [0.1, 0.15) is 5.75 Å². The van der Waals surface area contributed by atoms with Gasteiger partial charge < -0.3 is 15.2 Å². The summed E-state index contributed by atoms with van der Waals surface area (Å²) in [5.41, 5.74) is 0. The van der Waals surface area contributed by atoms with E-state index in [9.17, 15) is 0 Å². The molecular formula is C9H15NO2S. The van der Waals surface area contributed by atoms with Gasteiger partial charge in [-0.15, -0.1) is 11.3 Å². The Hall–Kier alpha value is -0.580. The molecule has 1 rings (SSSR count). The summed E-state index contributed by atoms with van der Waals surface area (Å²) >= 11 is 1.66. The molecule has 1 aromatic rings. The molecule has 0 fully saturated rings. The minimum absolute atomic E-state index is 0.300. The molecular weight excluding hydrogens is 186 g/mol. The Morgan fingerprint density at radius 2 is 2.46 bits per heavy atom. The van der Waals surface area contributed by atoms with Crippen molar-refractivity contribution in [2.24, 2.45) is 0 Å². The van der Waals surface area contributed by atoms with Crippen LogP contribution in [0.4, 0.5) is 0 Å². The molecule has 74 valence electrons. The topological polar surface area (TPSA) is 41.5 Å². The summed E-state index contributed by atoms with van der Waals surface area (Å²) in [5.74, 6) is 0.920. The lowest BCUT2D eigenvalue weighted by atomic mass is 10.4. The van der Waals surface area contributed by atoms with Crippen molar-refractivity contribution in [1.29, 1.82) is 0 Å². The molecule has 0 saturated carbocycles. The van der Waals surface area contributed by atoms with Gasteiger partial charge in [0.05, 0.1) is 18.1 Å². The van der Waals surface area contributed by atoms with Crippen LogP contribution in [0.5, 0.6) is 5.75 Å². The second kappa shape index (κ2) is 5.21. The molecule has 0 aromatic carbocycles. The first kappa shape index (κ1) is 10.5. The van der Waals surface area contributed by atoms with Gasteiger partial charge in [0.15, 0.2) is 0 Å². The summed E-state index contributed by atoms with van der Waals surface area (Å²) in [5, 5.41) is 14.2. The average molecular weight is 201 g/mol. The number of rotatable bonds is 5. The Bertz CT molecular complexity index is 248. The van der Waals surface area contributed by atoms with E-state index in [0.717, 1.165) is 12.3 Å². The molecule has 3 nitrogen and oxygen atoms in total. The molecule has 0 aliphatic carbocycles. The van der Waals surface area contributed by atoms with Gasteiger partial charge in [0.2, 0.25) is 0 Å². The van der Waals surface area contributed by atoms with Gasteiger partial charge in [-0.3, -0.25) is 0 Å². The highest BCUT2D eigenvalue weighted by Gasteiger charge is 2.03. The first-order valence-electron chi connectivity index (χ1n) is 4.23. The normalized spacial score (nSPS) is 12.8. The largest absolute Gasteiger partial charge is 0.496 e. The summed E-state index contributed by atoms with van der Waals surface area (Å²) < 4.78 is 5.15. The number of methoxy groups -OCH3 is 1. The smallest absolute Gasteiger partial charge is 0.134 e. The number of thiophene rings is 1. The maximum absolute atomic E-state index is 9.02. The summed E-state index contributed by atoms with van der Waals surface area (Å²) in [6, 6.07) is 1.95. The van der Waals surface area contributed by atoms with Crippen LogP contribution in [0, 0.1) is 0 Å². The summed E-state index contributed by atoms with van der Waals surface area (Å²) in [4.78, 5) is 1.17. The average Bonchev–Trinajstić information content (AvgIpc) is 2.51. The van der Waals surface area contributed by atoms with E-state index in [-0.39, 0.29) is 6.10 Å². The Labute approximate surface area is 82.4 Å². The number of hydrogen-bond donors (Lipinski definition) is 2. The van der Waals surface area contributed by atoms with Gasteiger partial charge in [-0.1, -0.05) is 0 Å². The van der Waals surface area contributed by atoms with Crippen LogP contribution >= 0.6 is 11.3 Å². The molecule has 13 heavy (non-hydrogen) atoms. The summed E-state index contributed by atoms with van der Waals surface area (Å²) in [6.45, 7) is 3.13. The first-order valence-corrected chi connectivity index (χ1v) is 5.11. The quantitative estimate of drug-likeness (QED) is 0.753. The molecule has 4 heteroatoms. The fraction of sp³-hybridized carbons (Fsp3) is 0.556. The lowest BCUT2D eigenvalue weighted by molar-refractivity contribution is 0.191. The van der Waals surface area contributed by atoms with Crippen molar-refractivity contribution in [3.63, 3.8) is 0 Å². The van der Waals surface area contributed by atoms with Crippen molar-refractivity contribution in [1.82, 2.24) is 5.32 Å². The fourth-order valence-corrected chi connectivity index (χ4v) is 1.84. The van der Waals surface area contributed by atoms with Crippen molar-refractivity contribution in [2.75, 3.05) is 13.7 Å². The zero-order valence-corrected chi connectivity index (χ0v) is 8.73. The van der Waals surface area contributed by atoms with E-state index in [2.05, 4.69) is 5.32 Å². The highest BCUT2D eigenvalue weighted by Crippen LogP contribution is 2.23. The van der Waals surface area contributed by atoms with Gasteiger partial charge in [-0.05, 0) is 18.4 Å². The van der Waals surface area contributed by atoms with E-state index in [1.807, 2.05) is 11.4 Å². The zero-order chi connectivity index (χ0) is 9.68. The van der Waals surface area contributed by atoms with E-state index >= 15 is 0 Å². The number of ether oxygens (including phenoxy) is 1. The Kier molecular flexibility index (Phi) is 4.21. The van der Waals surface area contributed by atoms with Crippen molar-refractivity contribution in [3.8, 4) is 5.75 Å². The van der Waals surface area contributed by atoms with E-state index in [4.69, 9.17) is 9.84 Å². The van der Waals surface area contributed by atoms with Gasteiger partial charge in [-0.2, -0.15) is 0 Å². The summed E-state index contributed by atoms with van der Waals surface area (Å²) in [7, 11) is 1.67. The number of nitrogens with one attached hydrogen (secondary N) is 1. The number of hydrogen-bond acceptors (Lipinski definition) is 4. The third-order valence-electron chi connectivity index (χ3n) is 1.65. The van der Waals surface area contributed by atoms with Crippen molar-refractivity contribution < 1.29 is 9.84 Å². The third kappa shape index (κ3) is 3.34. The fourth-order valence-electron chi connectivity index (χ4n) is 1.03. The lowest BCUT2D eigenvalue weighted by Crippen LogP contribution is -2.23. The second-order valence-corrected chi connectivity index (χ2v) is 3.89. The van der Waals surface area contributed by atoms with Gasteiger partial charge in [0, 0.05) is 13.1 Å². The minimum Gasteiger partial charge on any atom is -0.496 e. The molecule has 0 unspecified atom stereocenters. The van der Waals surface area contributed by atoms with Crippen molar-refractivity contribution in [2.45, 2.75) is 19.6 Å². The van der Waals surface area contributed by atoms with Crippen molar-refractivity contribution >= 4 is 11.3 Å². The lowest BCUT2D eigenvalue weighted by Gasteiger charge is -2.06. The van der Waals surface area contributed by atoms with Gasteiger partial charge in [-0.25, -0.2) is 0 Å². The van der Waals surface area contributed by atoms with E-state index < -0.39 is 0 Å². The van der Waals surface area contributed by atoms with Crippen LogP contribution in [0.2, 0.25) is 0 Å². The standard InChI is InChI=1S/C9H15NO2S/c1-7(11)5-10-6-9-8(12-2)3-4-13-9/h3-4,7,10-11H,5-6H2,1-2H3/t7-/m1/s1. The molecule has 1 aromatic heterocycles. The number of aliphatic hydroxyl groups excluding tert-OH is 1. The molecule has 0 spiro atoms. The highest BCUT2D eigenvalue weighted by atomic mass is 32.1. The monoisotopic (exact) mass is 201 g/mol. The molecule has 0 saturated heterocycles. The molecule has 2 N–H and O–H groups in total. The first-order chi connectivity index (χ1) is 6.24. The second-order valence-electron chi connectivity index (χ2n) is 2.89. The summed E-state index contributed by atoms with van der Waals surface area (Å²) in [6.07, 6.45) is -0.300. The van der Waals surface area contributed by atoms with Crippen LogP contribution in [0.15, 0.2) is 11.4 Å². The minimum atomic E-state index is -0.300. The van der Waals surface area contributed by atoms with Crippen LogP contribution in [0.25, 0.3) is 0 Å². The third-order valence-corrected chi connectivity index (χ3v) is 2.55. The van der Waals surface area contributed by atoms with E-state index in [0.29, 0.717) is 6.54 Å². The predicted molar refractivity (Wildman–Crippen MR) is 54.3 cm³/mol. The molecule has 0 amide bonds. The molecule has 0 aliphatic heterocycles. The molecule has 0 aliphatic rings. The van der Waals surface area contributed by atoms with Crippen LogP contribution in [-0.2, 0) is 6.54 Å². The maximum atomic E-state index is 9.02. The zero-order valence-electron chi connectivity index (χ0n) is 7.91. The Morgan fingerprint density at radius 3 is 3.08 bits per heavy atom. The van der Waals surface area contributed by atoms with E-state index in [1.165, 1.54) is 4.88 Å². The van der Waals surface area contributed by atoms with Gasteiger partial charge >= 0.3 is 0 Å². The molecule has 1 atom stereocenters. The van der Waals surface area contributed by atoms with Crippen LogP contribution in [-0.4, -0.2) is 24.9 Å². The number of aliphatic hydroxyl groups is 1. The predicted octanol–water partition coefficient (Wildman–Crippen LogP) is 1.23. The molecule has 0 bridgehead atoms. The van der Waals surface area contributed by atoms with Crippen LogP contribution in [0.3, 0.4) is 0 Å². The molecule has 0 radical (unpaired) electrons. The maximum Gasteiger partial charge on any atom is 0.134 e. The highest BCUT2D eigenvalue weighted by molar-refractivity contribution is 7.10. The Morgan fingerprint density at radius 1 is 1.69 bits per heavy atom. The van der Waals surface area contributed by atoms with Crippen LogP contribution < -0.4 is 10.1 Å². The SMILES string of the molecule is COc1ccsc1CNC[C@@H](C)O. The molecule has 1 heterocycles. The Balaban J connectivity index is 2.36. The van der Waals surface area contributed by atoms with Gasteiger partial charge in [0.25, 0.3) is 0 Å². The van der Waals surface area contributed by atoms with Crippen LogP contribution in [0.1, 0.15) is 11.8 Å². The van der Waals surface area contributed by atoms with E-state index in [1.54, 1.807) is 25.4 Å².